The summed E-state index contributed by atoms with van der Waals surface area (Å²) in [6.45, 7) is 5.34. The molecule has 1 aliphatic heterocycles. The second-order valence-corrected chi connectivity index (χ2v) is 11.2. The van der Waals surface area contributed by atoms with E-state index in [1.807, 2.05) is 55.5 Å². The Morgan fingerprint density at radius 3 is 2.57 bits per heavy atom. The van der Waals surface area contributed by atoms with Crippen molar-refractivity contribution in [3.05, 3.63) is 38.0 Å². The molecule has 0 bridgehead atoms. The fourth-order valence-electron chi connectivity index (χ4n) is 3.84. The lowest BCUT2D eigenvalue weighted by Gasteiger charge is -2.20. The molecule has 1 aromatic carbocycles. The molecule has 0 radical (unpaired) electrons. The Kier molecular flexibility index (Phi) is 8.79. The van der Waals surface area contributed by atoms with Gasteiger partial charge in [-0.1, -0.05) is 32.4 Å². The average Bonchev–Trinajstić information content (AvgIpc) is 2.97. The van der Waals surface area contributed by atoms with Gasteiger partial charge >= 0.3 is 0 Å². The van der Waals surface area contributed by atoms with Crippen LogP contribution in [0, 0.1) is 9.49 Å². The second-order valence-electron chi connectivity index (χ2n) is 7.88. The van der Waals surface area contributed by atoms with E-state index in [9.17, 15) is 23.7 Å². The molecular weight excluding hydrogens is 519 g/mol. The number of aliphatic hydroxyl groups excluding tert-OH is 2. The smallest absolute Gasteiger partial charge is 0.171 e. The molecule has 30 heavy (non-hydrogen) atoms. The van der Waals surface area contributed by atoms with Crippen molar-refractivity contribution in [1.82, 2.24) is 0 Å². The Bertz CT molecular complexity index is 933. The summed E-state index contributed by atoms with van der Waals surface area (Å²) in [5.74, 6) is 0.408. The summed E-state index contributed by atoms with van der Waals surface area (Å²) in [7, 11) is -1.97. The van der Waals surface area contributed by atoms with Crippen LogP contribution in [0.15, 0.2) is 28.9 Å². The maximum atomic E-state index is 12.4. The van der Waals surface area contributed by atoms with E-state index < -0.39 is 27.8 Å². The molecule has 0 amide bonds. The maximum absolute atomic E-state index is 12.4. The molecule has 0 aliphatic carbocycles. The van der Waals surface area contributed by atoms with Gasteiger partial charge in [-0.15, -0.1) is 0 Å². The monoisotopic (exact) mass is 550 g/mol. The fraction of sp³-hybridized carbons (Fsp3) is 0.545. The standard InChI is InChI=1S/C22H31IO6S/c1-5-14(8-15-9-17(23)22(26)19(10-15)29-4)6-7-18(25)21-16(13(2)3)12-30(27,28)20(21)11-24/h8-10,13,18,20,24-26H,5-7,11-12H2,1-4H3/b14-8+/t18-,20+/m1/s1. The first-order valence-corrected chi connectivity index (χ1v) is 12.8. The molecule has 168 valence electrons. The van der Waals surface area contributed by atoms with Gasteiger partial charge in [-0.25, -0.2) is 8.42 Å². The topological polar surface area (TPSA) is 104 Å². The SMILES string of the molecule is CC/C(=C\c1cc(I)c(O)c(OC)c1)CC[C@@H](O)C1=C(C(C)C)CS(=O)(=O)[C@H]1CO. The highest BCUT2D eigenvalue weighted by Crippen LogP contribution is 2.36. The number of hydrogen-bond donors (Lipinski definition) is 3. The molecule has 3 N–H and O–H groups in total. The lowest BCUT2D eigenvalue weighted by atomic mass is 9.90. The Balaban J connectivity index is 2.24. The minimum absolute atomic E-state index is 0.00583. The van der Waals surface area contributed by atoms with Crippen LogP contribution in [-0.2, 0) is 9.84 Å². The summed E-state index contributed by atoms with van der Waals surface area (Å²) in [4.78, 5) is 0. The van der Waals surface area contributed by atoms with Gasteiger partial charge in [-0.3, -0.25) is 0 Å². The number of ether oxygens (including phenoxy) is 1. The average molecular weight is 550 g/mol. The highest BCUT2D eigenvalue weighted by molar-refractivity contribution is 14.1. The second kappa shape index (κ2) is 10.5. The molecule has 0 fully saturated rings. The molecule has 0 aromatic heterocycles. The number of allylic oxidation sites excluding steroid dienone is 1. The van der Waals surface area contributed by atoms with Crippen molar-refractivity contribution < 1.29 is 28.5 Å². The Labute approximate surface area is 192 Å². The first-order chi connectivity index (χ1) is 14.0. The first kappa shape index (κ1) is 25.2. The van der Waals surface area contributed by atoms with Gasteiger partial charge in [0, 0.05) is 0 Å². The van der Waals surface area contributed by atoms with Crippen LogP contribution in [0.4, 0.5) is 0 Å². The fourth-order valence-corrected chi connectivity index (χ4v) is 6.52. The van der Waals surface area contributed by atoms with Gasteiger partial charge in [0.1, 0.15) is 5.25 Å². The predicted octanol–water partition coefficient (Wildman–Crippen LogP) is 3.68. The molecule has 0 saturated heterocycles. The molecule has 2 atom stereocenters. The number of aliphatic hydroxyl groups is 2. The van der Waals surface area contributed by atoms with Gasteiger partial charge < -0.3 is 20.1 Å². The summed E-state index contributed by atoms with van der Waals surface area (Å²) in [5, 5.41) is 29.5. The minimum atomic E-state index is -3.47. The zero-order valence-electron chi connectivity index (χ0n) is 17.9. The van der Waals surface area contributed by atoms with E-state index in [1.54, 1.807) is 6.07 Å². The summed E-state index contributed by atoms with van der Waals surface area (Å²) in [5.41, 5.74) is 3.18. The summed E-state index contributed by atoms with van der Waals surface area (Å²) in [6.07, 6.45) is 2.82. The summed E-state index contributed by atoms with van der Waals surface area (Å²) < 4.78 is 30.7. The minimum Gasteiger partial charge on any atom is -0.504 e. The van der Waals surface area contributed by atoms with Gasteiger partial charge in [0.05, 0.1) is 29.1 Å². The number of benzene rings is 1. The van der Waals surface area contributed by atoms with Crippen LogP contribution in [0.2, 0.25) is 0 Å². The highest BCUT2D eigenvalue weighted by atomic mass is 127. The molecule has 1 heterocycles. The van der Waals surface area contributed by atoms with E-state index in [-0.39, 0.29) is 17.4 Å². The van der Waals surface area contributed by atoms with Crippen LogP contribution in [0.3, 0.4) is 0 Å². The summed E-state index contributed by atoms with van der Waals surface area (Å²) in [6, 6.07) is 3.61. The predicted molar refractivity (Wildman–Crippen MR) is 127 cm³/mol. The number of methoxy groups -OCH3 is 1. The van der Waals surface area contributed by atoms with Crippen LogP contribution in [0.5, 0.6) is 11.5 Å². The van der Waals surface area contributed by atoms with Crippen LogP contribution in [0.1, 0.15) is 45.6 Å². The Hall–Kier alpha value is -1.10. The lowest BCUT2D eigenvalue weighted by Crippen LogP contribution is -2.29. The van der Waals surface area contributed by atoms with Crippen molar-refractivity contribution in [1.29, 1.82) is 0 Å². The van der Waals surface area contributed by atoms with Crippen molar-refractivity contribution in [3.8, 4) is 11.5 Å². The van der Waals surface area contributed by atoms with Crippen LogP contribution in [0.25, 0.3) is 6.08 Å². The first-order valence-electron chi connectivity index (χ1n) is 10.0. The normalized spacial score (nSPS) is 20.1. The van der Waals surface area contributed by atoms with Crippen molar-refractivity contribution in [2.75, 3.05) is 19.5 Å². The van der Waals surface area contributed by atoms with E-state index in [0.717, 1.165) is 23.1 Å². The van der Waals surface area contributed by atoms with E-state index in [1.165, 1.54) is 7.11 Å². The van der Waals surface area contributed by atoms with Crippen molar-refractivity contribution >= 4 is 38.5 Å². The van der Waals surface area contributed by atoms with Crippen LogP contribution >= 0.6 is 22.6 Å². The Morgan fingerprint density at radius 2 is 2.03 bits per heavy atom. The van der Waals surface area contributed by atoms with Crippen LogP contribution in [-0.4, -0.2) is 54.6 Å². The molecular formula is C22H31IO6S. The number of sulfone groups is 1. The third-order valence-corrected chi connectivity index (χ3v) is 8.37. The third-order valence-electron chi connectivity index (χ3n) is 5.56. The lowest BCUT2D eigenvalue weighted by molar-refractivity contribution is 0.187. The zero-order chi connectivity index (χ0) is 22.6. The van der Waals surface area contributed by atoms with Gasteiger partial charge in [0.15, 0.2) is 21.3 Å². The van der Waals surface area contributed by atoms with Crippen LogP contribution < -0.4 is 4.74 Å². The van der Waals surface area contributed by atoms with Gasteiger partial charge in [0.25, 0.3) is 0 Å². The van der Waals surface area contributed by atoms with E-state index >= 15 is 0 Å². The van der Waals surface area contributed by atoms with E-state index in [2.05, 4.69) is 0 Å². The van der Waals surface area contributed by atoms with Crippen molar-refractivity contribution in [2.45, 2.75) is 51.4 Å². The number of phenolic OH excluding ortho intramolecular Hbond substituents is 1. The highest BCUT2D eigenvalue weighted by Gasteiger charge is 2.41. The molecule has 0 unspecified atom stereocenters. The molecule has 6 nitrogen and oxygen atoms in total. The molecule has 2 rings (SSSR count). The number of hydrogen-bond acceptors (Lipinski definition) is 6. The Morgan fingerprint density at radius 1 is 1.37 bits per heavy atom. The number of halogens is 1. The maximum Gasteiger partial charge on any atom is 0.171 e. The van der Waals surface area contributed by atoms with Crippen molar-refractivity contribution in [3.63, 3.8) is 0 Å². The van der Waals surface area contributed by atoms with Gasteiger partial charge in [-0.2, -0.15) is 0 Å². The zero-order valence-corrected chi connectivity index (χ0v) is 20.8. The van der Waals surface area contributed by atoms with Crippen molar-refractivity contribution in [2.24, 2.45) is 5.92 Å². The molecule has 0 spiro atoms. The molecule has 8 heteroatoms. The summed E-state index contributed by atoms with van der Waals surface area (Å²) >= 11 is 2.05. The molecule has 1 aliphatic rings. The number of phenols is 1. The van der Waals surface area contributed by atoms with E-state index in [0.29, 0.717) is 27.7 Å². The molecule has 0 saturated carbocycles. The quantitative estimate of drug-likeness (QED) is 0.320. The van der Waals surface area contributed by atoms with Gasteiger partial charge in [0.2, 0.25) is 0 Å². The van der Waals surface area contributed by atoms with E-state index in [4.69, 9.17) is 4.74 Å². The number of aromatic hydroxyl groups is 1. The third kappa shape index (κ3) is 5.57. The molecule has 1 aromatic rings. The van der Waals surface area contributed by atoms with Gasteiger partial charge in [-0.05, 0) is 76.6 Å². The number of rotatable bonds is 9. The largest absolute Gasteiger partial charge is 0.504 e.